The summed E-state index contributed by atoms with van der Waals surface area (Å²) in [5.41, 5.74) is 0.343. The van der Waals surface area contributed by atoms with E-state index in [1.165, 1.54) is 23.9 Å². The molecule has 1 heterocycles. The summed E-state index contributed by atoms with van der Waals surface area (Å²) in [6, 6.07) is 14.2. The molecule has 136 valence electrons. The van der Waals surface area contributed by atoms with Gasteiger partial charge in [-0.3, -0.25) is 9.69 Å². The van der Waals surface area contributed by atoms with Gasteiger partial charge in [0, 0.05) is 12.3 Å². The van der Waals surface area contributed by atoms with E-state index in [9.17, 15) is 18.0 Å². The first-order valence-electron chi connectivity index (χ1n) is 8.16. The molecule has 2 aromatic rings. The third-order valence-electron chi connectivity index (χ3n) is 3.89. The number of amidine groups is 1. The number of thioether (sulfide) groups is 1. The minimum absolute atomic E-state index is 0.103. The lowest BCUT2D eigenvalue weighted by Crippen LogP contribution is -2.40. The Morgan fingerprint density at radius 3 is 2.62 bits per heavy atom. The highest BCUT2D eigenvalue weighted by Crippen LogP contribution is 2.32. The number of hydrogen-bond donors (Lipinski definition) is 0. The lowest BCUT2D eigenvalue weighted by Gasteiger charge is -2.28. The van der Waals surface area contributed by atoms with Crippen LogP contribution in [0, 0.1) is 0 Å². The molecule has 2 aromatic carbocycles. The average Bonchev–Trinajstić information content (AvgIpc) is 2.62. The first-order chi connectivity index (χ1) is 12.4. The van der Waals surface area contributed by atoms with Gasteiger partial charge in [-0.1, -0.05) is 48.2 Å². The molecule has 26 heavy (non-hydrogen) atoms. The van der Waals surface area contributed by atoms with Gasteiger partial charge in [-0.05, 0) is 30.2 Å². The number of alkyl halides is 3. The summed E-state index contributed by atoms with van der Waals surface area (Å²) in [4.78, 5) is 18.5. The van der Waals surface area contributed by atoms with E-state index >= 15 is 0 Å². The molecule has 3 nitrogen and oxygen atoms in total. The Hall–Kier alpha value is -2.28. The van der Waals surface area contributed by atoms with E-state index in [4.69, 9.17) is 0 Å². The van der Waals surface area contributed by atoms with Crippen molar-refractivity contribution in [2.45, 2.75) is 19.0 Å². The third kappa shape index (κ3) is 4.66. The number of hydrogen-bond acceptors (Lipinski definition) is 3. The van der Waals surface area contributed by atoms with Crippen LogP contribution in [-0.2, 0) is 17.4 Å². The van der Waals surface area contributed by atoms with E-state index in [0.29, 0.717) is 11.7 Å². The molecule has 0 radical (unpaired) electrons. The molecule has 0 aromatic heterocycles. The van der Waals surface area contributed by atoms with Gasteiger partial charge in [0.2, 0.25) is 5.91 Å². The standard InChI is InChI=1S/C19H17F3N2OS/c20-19(21,22)15-8-4-9-16(13-15)23-18-24(10-5-11-26-18)17(25)12-14-6-2-1-3-7-14/h1-4,6-9,13H,5,10-12H2. The van der Waals surface area contributed by atoms with Crippen LogP contribution < -0.4 is 0 Å². The summed E-state index contributed by atoms with van der Waals surface area (Å²) in [5, 5.41) is 0.455. The predicted molar refractivity (Wildman–Crippen MR) is 97.5 cm³/mol. The molecule has 1 saturated heterocycles. The van der Waals surface area contributed by atoms with E-state index in [-0.39, 0.29) is 18.0 Å². The predicted octanol–water partition coefficient (Wildman–Crippen LogP) is 4.90. The second kappa shape index (κ2) is 7.95. The molecular formula is C19H17F3N2OS. The SMILES string of the molecule is O=C(Cc1ccccc1)N1CCCSC1=Nc1cccc(C(F)(F)F)c1. The highest BCUT2D eigenvalue weighted by Gasteiger charge is 2.30. The topological polar surface area (TPSA) is 32.7 Å². The fraction of sp³-hybridized carbons (Fsp3) is 0.263. The van der Waals surface area contributed by atoms with Gasteiger partial charge in [0.05, 0.1) is 17.7 Å². The number of carbonyl (C=O) groups is 1. The maximum atomic E-state index is 12.9. The molecule has 0 unspecified atom stereocenters. The quantitative estimate of drug-likeness (QED) is 0.761. The van der Waals surface area contributed by atoms with Crippen molar-refractivity contribution in [2.75, 3.05) is 12.3 Å². The zero-order valence-electron chi connectivity index (χ0n) is 13.9. The van der Waals surface area contributed by atoms with E-state index in [1.807, 2.05) is 30.3 Å². The van der Waals surface area contributed by atoms with E-state index < -0.39 is 11.7 Å². The van der Waals surface area contributed by atoms with Gasteiger partial charge in [-0.25, -0.2) is 4.99 Å². The van der Waals surface area contributed by atoms with Crippen molar-refractivity contribution < 1.29 is 18.0 Å². The van der Waals surface area contributed by atoms with E-state index in [1.54, 1.807) is 4.90 Å². The maximum absolute atomic E-state index is 12.9. The Morgan fingerprint density at radius 1 is 1.12 bits per heavy atom. The van der Waals surface area contributed by atoms with Crippen molar-refractivity contribution in [3.63, 3.8) is 0 Å². The monoisotopic (exact) mass is 378 g/mol. The summed E-state index contributed by atoms with van der Waals surface area (Å²) in [6.07, 6.45) is -3.35. The first-order valence-corrected chi connectivity index (χ1v) is 9.15. The average molecular weight is 378 g/mol. The Bertz CT molecular complexity index is 806. The van der Waals surface area contributed by atoms with Crippen LogP contribution in [0.25, 0.3) is 0 Å². The Balaban J connectivity index is 1.82. The summed E-state index contributed by atoms with van der Waals surface area (Å²) in [6.45, 7) is 0.524. The van der Waals surface area contributed by atoms with Crippen molar-refractivity contribution in [3.8, 4) is 0 Å². The number of benzene rings is 2. The third-order valence-corrected chi connectivity index (χ3v) is 4.95. The van der Waals surface area contributed by atoms with Gasteiger partial charge in [-0.2, -0.15) is 13.2 Å². The Morgan fingerprint density at radius 2 is 1.88 bits per heavy atom. The molecule has 0 atom stereocenters. The number of aliphatic imine (C=N–C) groups is 1. The van der Waals surface area contributed by atoms with Crippen molar-refractivity contribution in [2.24, 2.45) is 4.99 Å². The fourth-order valence-electron chi connectivity index (χ4n) is 2.61. The summed E-state index contributed by atoms with van der Waals surface area (Å²) >= 11 is 1.39. The first kappa shape index (κ1) is 18.5. The van der Waals surface area contributed by atoms with Crippen molar-refractivity contribution in [1.29, 1.82) is 0 Å². The van der Waals surface area contributed by atoms with Crippen LogP contribution in [0.1, 0.15) is 17.5 Å². The van der Waals surface area contributed by atoms with E-state index in [2.05, 4.69) is 4.99 Å². The van der Waals surface area contributed by atoms with Crippen LogP contribution in [-0.4, -0.2) is 28.3 Å². The molecule has 3 rings (SSSR count). The largest absolute Gasteiger partial charge is 0.416 e. The molecular weight excluding hydrogens is 361 g/mol. The highest BCUT2D eigenvalue weighted by atomic mass is 32.2. The number of rotatable bonds is 3. The smallest absolute Gasteiger partial charge is 0.291 e. The molecule has 1 aliphatic heterocycles. The van der Waals surface area contributed by atoms with Gasteiger partial charge in [-0.15, -0.1) is 0 Å². The lowest BCUT2D eigenvalue weighted by molar-refractivity contribution is -0.137. The van der Waals surface area contributed by atoms with Crippen molar-refractivity contribution in [3.05, 3.63) is 65.7 Å². The Labute approximate surface area is 153 Å². The van der Waals surface area contributed by atoms with Gasteiger partial charge in [0.25, 0.3) is 0 Å². The second-order valence-electron chi connectivity index (χ2n) is 5.85. The molecule has 0 N–H and O–H groups in total. The summed E-state index contributed by atoms with van der Waals surface area (Å²) < 4.78 is 38.6. The molecule has 1 aliphatic rings. The number of halogens is 3. The number of carbonyl (C=O) groups excluding carboxylic acids is 1. The van der Waals surface area contributed by atoms with Gasteiger partial charge in [0.15, 0.2) is 5.17 Å². The normalized spacial score (nSPS) is 16.7. The van der Waals surface area contributed by atoms with Crippen LogP contribution in [0.2, 0.25) is 0 Å². The zero-order valence-corrected chi connectivity index (χ0v) is 14.7. The minimum atomic E-state index is -4.42. The van der Waals surface area contributed by atoms with Gasteiger partial charge in [0.1, 0.15) is 0 Å². The second-order valence-corrected chi connectivity index (χ2v) is 6.91. The fourth-order valence-corrected chi connectivity index (χ4v) is 3.59. The summed E-state index contributed by atoms with van der Waals surface area (Å²) in [5.74, 6) is 0.682. The van der Waals surface area contributed by atoms with Crippen LogP contribution >= 0.6 is 11.8 Å². The van der Waals surface area contributed by atoms with Crippen LogP contribution in [0.15, 0.2) is 59.6 Å². The highest BCUT2D eigenvalue weighted by molar-refractivity contribution is 8.13. The number of amides is 1. The minimum Gasteiger partial charge on any atom is -0.291 e. The van der Waals surface area contributed by atoms with Crippen LogP contribution in [0.5, 0.6) is 0 Å². The molecule has 0 spiro atoms. The van der Waals surface area contributed by atoms with Crippen molar-refractivity contribution >= 4 is 28.5 Å². The maximum Gasteiger partial charge on any atom is 0.416 e. The van der Waals surface area contributed by atoms with E-state index in [0.717, 1.165) is 29.9 Å². The molecule has 7 heteroatoms. The summed E-state index contributed by atoms with van der Waals surface area (Å²) in [7, 11) is 0. The van der Waals surface area contributed by atoms with Gasteiger partial charge >= 0.3 is 6.18 Å². The van der Waals surface area contributed by atoms with Crippen LogP contribution in [0.3, 0.4) is 0 Å². The van der Waals surface area contributed by atoms with Crippen LogP contribution in [0.4, 0.5) is 18.9 Å². The zero-order chi connectivity index (χ0) is 18.6. The molecule has 0 aliphatic carbocycles. The molecule has 0 saturated carbocycles. The lowest BCUT2D eigenvalue weighted by atomic mass is 10.1. The Kier molecular flexibility index (Phi) is 5.66. The molecule has 0 bridgehead atoms. The number of nitrogens with zero attached hydrogens (tertiary/aromatic N) is 2. The van der Waals surface area contributed by atoms with Gasteiger partial charge < -0.3 is 0 Å². The molecule has 1 fully saturated rings. The van der Waals surface area contributed by atoms with Crippen molar-refractivity contribution in [1.82, 2.24) is 4.90 Å². The molecule has 1 amide bonds.